The number of hydrogen-bond acceptors (Lipinski definition) is 2. The van der Waals surface area contributed by atoms with E-state index in [9.17, 15) is 13.6 Å². The lowest BCUT2D eigenvalue weighted by molar-refractivity contribution is -0.116. The highest BCUT2D eigenvalue weighted by molar-refractivity contribution is 5.91. The summed E-state index contributed by atoms with van der Waals surface area (Å²) in [6, 6.07) is 17.7. The lowest BCUT2D eigenvalue weighted by Gasteiger charge is -2.19. The fraction of sp³-hybridized carbons (Fsp3) is 0.130. The van der Waals surface area contributed by atoms with Gasteiger partial charge in [-0.1, -0.05) is 24.3 Å². The second-order valence-electron chi connectivity index (χ2n) is 6.88. The van der Waals surface area contributed by atoms with Gasteiger partial charge in [0.1, 0.15) is 17.3 Å². The monoisotopic (exact) mass is 391 g/mol. The van der Waals surface area contributed by atoms with E-state index in [4.69, 9.17) is 0 Å². The smallest absolute Gasteiger partial charge is 0.225 e. The summed E-state index contributed by atoms with van der Waals surface area (Å²) in [5, 5.41) is 2.76. The van der Waals surface area contributed by atoms with Crippen molar-refractivity contribution in [1.29, 1.82) is 0 Å². The number of aromatic nitrogens is 2. The molecular weight excluding hydrogens is 372 g/mol. The van der Waals surface area contributed by atoms with Gasteiger partial charge in [0, 0.05) is 29.9 Å². The van der Waals surface area contributed by atoms with Crippen molar-refractivity contribution in [3.05, 3.63) is 102 Å². The minimum atomic E-state index is -0.534. The molecule has 0 saturated heterocycles. The second-order valence-corrected chi connectivity index (χ2v) is 6.88. The van der Waals surface area contributed by atoms with Crippen molar-refractivity contribution in [2.45, 2.75) is 19.3 Å². The summed E-state index contributed by atoms with van der Waals surface area (Å²) in [7, 11) is 0. The molecule has 0 fully saturated rings. The Balaban J connectivity index is 1.72. The Labute approximate surface area is 166 Å². The van der Waals surface area contributed by atoms with E-state index in [0.717, 1.165) is 17.0 Å². The molecular formula is C23H19F2N3O. The van der Waals surface area contributed by atoms with Crippen molar-refractivity contribution in [3.63, 3.8) is 0 Å². The first-order valence-corrected chi connectivity index (χ1v) is 9.26. The first-order valence-electron chi connectivity index (χ1n) is 9.26. The van der Waals surface area contributed by atoms with Crippen molar-refractivity contribution in [3.8, 4) is 0 Å². The molecule has 146 valence electrons. The molecule has 4 nitrogen and oxygen atoms in total. The predicted molar refractivity (Wildman–Crippen MR) is 108 cm³/mol. The van der Waals surface area contributed by atoms with Crippen molar-refractivity contribution in [2.24, 2.45) is 0 Å². The van der Waals surface area contributed by atoms with Crippen LogP contribution in [-0.4, -0.2) is 15.3 Å². The molecule has 2 aromatic carbocycles. The van der Waals surface area contributed by atoms with Gasteiger partial charge < -0.3 is 9.72 Å². The van der Waals surface area contributed by atoms with Crippen molar-refractivity contribution >= 4 is 17.2 Å². The quantitative estimate of drug-likeness (QED) is 0.516. The molecule has 0 aliphatic carbocycles. The molecule has 0 aliphatic heterocycles. The van der Waals surface area contributed by atoms with Crippen LogP contribution >= 0.6 is 0 Å². The number of imidazole rings is 1. The summed E-state index contributed by atoms with van der Waals surface area (Å²) in [6.45, 7) is 1.94. The van der Waals surface area contributed by atoms with Gasteiger partial charge >= 0.3 is 0 Å². The number of pyridine rings is 1. The molecule has 0 radical (unpaired) electrons. The number of hydrogen-bond donors (Lipinski definition) is 1. The Bertz CT molecular complexity index is 1170. The number of carbonyl (C=O) groups excluding carboxylic acids is 1. The van der Waals surface area contributed by atoms with E-state index in [-0.39, 0.29) is 24.0 Å². The van der Waals surface area contributed by atoms with E-state index in [2.05, 4.69) is 10.3 Å². The van der Waals surface area contributed by atoms with Gasteiger partial charge in [-0.15, -0.1) is 0 Å². The summed E-state index contributed by atoms with van der Waals surface area (Å²) in [5.74, 6) is -1.59. The standard InChI is InChI=1S/C23H19F2N3O/c1-15-5-4-8-22-26-14-21(28(15)22)19(18-6-2-3-7-20(18)25)13-23(29)27-17-11-9-16(24)10-12-17/h2-12,14,19H,13H2,1H3,(H,27,29). The third-order valence-electron chi connectivity index (χ3n) is 4.91. The summed E-state index contributed by atoms with van der Waals surface area (Å²) >= 11 is 0. The Hall–Kier alpha value is -3.54. The molecule has 2 aromatic heterocycles. The Morgan fingerprint density at radius 1 is 1.03 bits per heavy atom. The Morgan fingerprint density at radius 3 is 2.55 bits per heavy atom. The average Bonchev–Trinajstić information content (AvgIpc) is 3.14. The zero-order valence-electron chi connectivity index (χ0n) is 15.8. The van der Waals surface area contributed by atoms with Gasteiger partial charge in [-0.2, -0.15) is 0 Å². The molecule has 29 heavy (non-hydrogen) atoms. The molecule has 1 N–H and O–H groups in total. The van der Waals surface area contributed by atoms with Crippen LogP contribution in [-0.2, 0) is 4.79 Å². The van der Waals surface area contributed by atoms with E-state index in [1.54, 1.807) is 24.4 Å². The molecule has 1 atom stereocenters. The lowest BCUT2D eigenvalue weighted by Crippen LogP contribution is -2.18. The largest absolute Gasteiger partial charge is 0.326 e. The number of anilines is 1. The number of nitrogens with one attached hydrogen (secondary N) is 1. The molecule has 4 rings (SSSR count). The van der Waals surface area contributed by atoms with Crippen LogP contribution in [0.5, 0.6) is 0 Å². The van der Waals surface area contributed by atoms with Crippen LogP contribution in [0.2, 0.25) is 0 Å². The average molecular weight is 391 g/mol. The third kappa shape index (κ3) is 3.87. The Morgan fingerprint density at radius 2 is 1.79 bits per heavy atom. The van der Waals surface area contributed by atoms with E-state index >= 15 is 0 Å². The van der Waals surface area contributed by atoms with E-state index in [1.807, 2.05) is 29.5 Å². The van der Waals surface area contributed by atoms with Crippen LogP contribution in [0, 0.1) is 18.6 Å². The number of rotatable bonds is 5. The number of benzene rings is 2. The molecule has 0 spiro atoms. The van der Waals surface area contributed by atoms with Gasteiger partial charge in [-0.3, -0.25) is 4.79 Å². The first kappa shape index (κ1) is 18.8. The molecule has 0 aliphatic rings. The second kappa shape index (κ2) is 7.83. The van der Waals surface area contributed by atoms with Crippen LogP contribution in [0.25, 0.3) is 5.65 Å². The fourth-order valence-corrected chi connectivity index (χ4v) is 3.54. The summed E-state index contributed by atoms with van der Waals surface area (Å²) in [5.41, 5.74) is 3.32. The molecule has 2 heterocycles. The fourth-order valence-electron chi connectivity index (χ4n) is 3.54. The molecule has 6 heteroatoms. The molecule has 0 saturated carbocycles. The van der Waals surface area contributed by atoms with Crippen LogP contribution in [0.1, 0.15) is 29.3 Å². The highest BCUT2D eigenvalue weighted by Gasteiger charge is 2.25. The van der Waals surface area contributed by atoms with Gasteiger partial charge in [0.15, 0.2) is 0 Å². The zero-order chi connectivity index (χ0) is 20.4. The normalized spacial score (nSPS) is 12.1. The number of carbonyl (C=O) groups is 1. The van der Waals surface area contributed by atoms with Crippen LogP contribution in [0.15, 0.2) is 72.9 Å². The zero-order valence-corrected chi connectivity index (χ0v) is 15.8. The van der Waals surface area contributed by atoms with Crippen molar-refractivity contribution in [2.75, 3.05) is 5.32 Å². The van der Waals surface area contributed by atoms with Crippen molar-refractivity contribution in [1.82, 2.24) is 9.38 Å². The number of nitrogens with zero attached hydrogens (tertiary/aromatic N) is 2. The molecule has 4 aromatic rings. The first-order chi connectivity index (χ1) is 14.0. The highest BCUT2D eigenvalue weighted by atomic mass is 19.1. The van der Waals surface area contributed by atoms with Crippen molar-refractivity contribution < 1.29 is 13.6 Å². The van der Waals surface area contributed by atoms with Gasteiger partial charge in [-0.25, -0.2) is 13.8 Å². The number of fused-ring (bicyclic) bond motifs is 1. The molecule has 1 amide bonds. The number of halogens is 2. The maximum Gasteiger partial charge on any atom is 0.225 e. The van der Waals surface area contributed by atoms with Gasteiger partial charge in [0.2, 0.25) is 5.91 Å². The molecule has 0 bridgehead atoms. The highest BCUT2D eigenvalue weighted by Crippen LogP contribution is 2.31. The van der Waals surface area contributed by atoms with E-state index in [1.165, 1.54) is 30.3 Å². The third-order valence-corrected chi connectivity index (χ3v) is 4.91. The Kier molecular flexibility index (Phi) is 5.08. The minimum Gasteiger partial charge on any atom is -0.326 e. The minimum absolute atomic E-state index is 0.0143. The maximum absolute atomic E-state index is 14.7. The predicted octanol–water partition coefficient (Wildman–Crippen LogP) is 5.08. The topological polar surface area (TPSA) is 46.4 Å². The summed E-state index contributed by atoms with van der Waals surface area (Å²) in [6.07, 6.45) is 1.70. The van der Waals surface area contributed by atoms with E-state index in [0.29, 0.717) is 11.3 Å². The van der Waals surface area contributed by atoms with Gasteiger partial charge in [-0.05, 0) is 55.0 Å². The van der Waals surface area contributed by atoms with Gasteiger partial charge in [0.05, 0.1) is 5.69 Å². The SMILES string of the molecule is Cc1cccc2ncc(C(CC(=O)Nc3ccc(F)cc3)c3ccccc3F)n12. The van der Waals surface area contributed by atoms with Gasteiger partial charge in [0.25, 0.3) is 0 Å². The lowest BCUT2D eigenvalue weighted by atomic mass is 9.91. The molecule has 1 unspecified atom stereocenters. The van der Waals surface area contributed by atoms with Crippen LogP contribution in [0.3, 0.4) is 0 Å². The number of aryl methyl sites for hydroxylation is 1. The van der Waals surface area contributed by atoms with Crippen LogP contribution in [0.4, 0.5) is 14.5 Å². The summed E-state index contributed by atoms with van der Waals surface area (Å²) in [4.78, 5) is 17.2. The van der Waals surface area contributed by atoms with E-state index < -0.39 is 5.92 Å². The maximum atomic E-state index is 14.7. The number of amides is 1. The summed E-state index contributed by atoms with van der Waals surface area (Å²) < 4.78 is 29.7. The van der Waals surface area contributed by atoms with Crippen LogP contribution < -0.4 is 5.32 Å².